The van der Waals surface area contributed by atoms with Crippen molar-refractivity contribution >= 4 is 5.97 Å². The second-order valence-electron chi connectivity index (χ2n) is 2.62. The van der Waals surface area contributed by atoms with Gasteiger partial charge in [0, 0.05) is 6.42 Å². The fraction of sp³-hybridized carbons (Fsp3) is 0.375. The van der Waals surface area contributed by atoms with Crippen molar-refractivity contribution < 1.29 is 14.6 Å². The zero-order valence-corrected chi connectivity index (χ0v) is 6.33. The van der Waals surface area contributed by atoms with Gasteiger partial charge in [0.15, 0.2) is 0 Å². The van der Waals surface area contributed by atoms with Crippen molar-refractivity contribution in [2.75, 3.05) is 0 Å². The Bertz CT molecular complexity index is 227. The Labute approximate surface area is 65.0 Å². The molecule has 1 rings (SSSR count). The van der Waals surface area contributed by atoms with Gasteiger partial charge in [-0.2, -0.15) is 0 Å². The third kappa shape index (κ3) is 1.61. The molecule has 0 bridgehead atoms. The standard InChI is InChI=1S/C8H10O3/c1-5(2)7-3-6(4-11-7)8(9)10/h4,7H,1,3H2,2H3,(H,9,10)/t7-/m0/s1. The van der Waals surface area contributed by atoms with Crippen LogP contribution < -0.4 is 0 Å². The van der Waals surface area contributed by atoms with Gasteiger partial charge in [-0.25, -0.2) is 4.79 Å². The van der Waals surface area contributed by atoms with E-state index in [1.165, 1.54) is 6.26 Å². The summed E-state index contributed by atoms with van der Waals surface area (Å²) in [6, 6.07) is 0. The van der Waals surface area contributed by atoms with Crippen LogP contribution in [0, 0.1) is 0 Å². The summed E-state index contributed by atoms with van der Waals surface area (Å²) in [7, 11) is 0. The van der Waals surface area contributed by atoms with E-state index >= 15 is 0 Å². The van der Waals surface area contributed by atoms with Crippen LogP contribution in [-0.2, 0) is 9.53 Å². The summed E-state index contributed by atoms with van der Waals surface area (Å²) in [5.74, 6) is -0.909. The zero-order valence-electron chi connectivity index (χ0n) is 6.33. The molecule has 0 unspecified atom stereocenters. The van der Waals surface area contributed by atoms with Crippen LogP contribution in [0.1, 0.15) is 13.3 Å². The fourth-order valence-electron chi connectivity index (χ4n) is 0.888. The molecule has 11 heavy (non-hydrogen) atoms. The van der Waals surface area contributed by atoms with Gasteiger partial charge in [0.05, 0.1) is 11.8 Å². The molecule has 1 aliphatic rings. The molecular weight excluding hydrogens is 144 g/mol. The number of rotatable bonds is 2. The van der Waals surface area contributed by atoms with E-state index in [-0.39, 0.29) is 6.10 Å². The minimum absolute atomic E-state index is 0.138. The number of aliphatic carboxylic acids is 1. The molecule has 3 heteroatoms. The van der Waals surface area contributed by atoms with Gasteiger partial charge < -0.3 is 9.84 Å². The monoisotopic (exact) mass is 154 g/mol. The van der Waals surface area contributed by atoms with E-state index in [0.29, 0.717) is 12.0 Å². The lowest BCUT2D eigenvalue weighted by Crippen LogP contribution is -2.07. The molecule has 0 aromatic heterocycles. The van der Waals surface area contributed by atoms with E-state index < -0.39 is 5.97 Å². The van der Waals surface area contributed by atoms with Gasteiger partial charge in [-0.15, -0.1) is 0 Å². The summed E-state index contributed by atoms with van der Waals surface area (Å²) in [4.78, 5) is 10.4. The van der Waals surface area contributed by atoms with E-state index in [1.807, 2.05) is 6.92 Å². The lowest BCUT2D eigenvalue weighted by atomic mass is 10.1. The number of hydrogen-bond donors (Lipinski definition) is 1. The van der Waals surface area contributed by atoms with Gasteiger partial charge in [-0.3, -0.25) is 0 Å². The first-order chi connectivity index (χ1) is 5.11. The summed E-state index contributed by atoms with van der Waals surface area (Å²) in [6.07, 6.45) is 1.59. The average molecular weight is 154 g/mol. The molecule has 0 spiro atoms. The van der Waals surface area contributed by atoms with Gasteiger partial charge in [0.25, 0.3) is 0 Å². The van der Waals surface area contributed by atoms with Crippen molar-refractivity contribution in [3.8, 4) is 0 Å². The molecule has 0 saturated carbocycles. The molecule has 60 valence electrons. The van der Waals surface area contributed by atoms with Crippen LogP contribution in [0.5, 0.6) is 0 Å². The topological polar surface area (TPSA) is 46.5 Å². The Morgan fingerprint density at radius 1 is 1.91 bits per heavy atom. The Morgan fingerprint density at radius 3 is 2.82 bits per heavy atom. The van der Waals surface area contributed by atoms with Crippen molar-refractivity contribution in [2.45, 2.75) is 19.4 Å². The Hall–Kier alpha value is -1.25. The first-order valence-electron chi connectivity index (χ1n) is 3.34. The summed E-state index contributed by atoms with van der Waals surface area (Å²) < 4.78 is 5.05. The maximum atomic E-state index is 10.4. The predicted octanol–water partition coefficient (Wildman–Crippen LogP) is 1.32. The molecule has 1 aliphatic heterocycles. The van der Waals surface area contributed by atoms with Crippen LogP contribution in [0.4, 0.5) is 0 Å². The third-order valence-electron chi connectivity index (χ3n) is 1.60. The van der Waals surface area contributed by atoms with Crippen molar-refractivity contribution in [3.05, 3.63) is 24.0 Å². The molecule has 0 aromatic rings. The first-order valence-corrected chi connectivity index (χ1v) is 3.34. The first kappa shape index (κ1) is 7.85. The molecule has 0 saturated heterocycles. The van der Waals surface area contributed by atoms with Crippen molar-refractivity contribution in [1.82, 2.24) is 0 Å². The van der Waals surface area contributed by atoms with Gasteiger partial charge in [0.2, 0.25) is 0 Å². The third-order valence-corrected chi connectivity index (χ3v) is 1.60. The van der Waals surface area contributed by atoms with E-state index in [0.717, 1.165) is 5.57 Å². The zero-order chi connectivity index (χ0) is 8.43. The number of ether oxygens (including phenoxy) is 1. The van der Waals surface area contributed by atoms with Crippen LogP contribution in [-0.4, -0.2) is 17.2 Å². The smallest absolute Gasteiger partial charge is 0.334 e. The lowest BCUT2D eigenvalue weighted by Gasteiger charge is -2.07. The largest absolute Gasteiger partial charge is 0.493 e. The van der Waals surface area contributed by atoms with E-state index in [1.54, 1.807) is 0 Å². The Kier molecular flexibility index (Phi) is 1.98. The molecule has 1 N–H and O–H groups in total. The lowest BCUT2D eigenvalue weighted by molar-refractivity contribution is -0.132. The SMILES string of the molecule is C=C(C)[C@@H]1CC(C(=O)O)=CO1. The van der Waals surface area contributed by atoms with E-state index in [2.05, 4.69) is 6.58 Å². The maximum absolute atomic E-state index is 10.4. The number of carboxylic acids is 1. The van der Waals surface area contributed by atoms with Crippen molar-refractivity contribution in [1.29, 1.82) is 0 Å². The molecule has 0 aliphatic carbocycles. The molecule has 0 amide bonds. The summed E-state index contributed by atoms with van der Waals surface area (Å²) in [5.41, 5.74) is 1.18. The van der Waals surface area contributed by atoms with Crippen LogP contribution in [0.25, 0.3) is 0 Å². The van der Waals surface area contributed by atoms with Gasteiger partial charge in [-0.1, -0.05) is 6.58 Å². The molecule has 1 heterocycles. The molecular formula is C8H10O3. The maximum Gasteiger partial charge on any atom is 0.334 e. The highest BCUT2D eigenvalue weighted by molar-refractivity contribution is 5.86. The van der Waals surface area contributed by atoms with Gasteiger partial charge in [0.1, 0.15) is 6.10 Å². The highest BCUT2D eigenvalue weighted by atomic mass is 16.5. The highest BCUT2D eigenvalue weighted by Gasteiger charge is 2.22. The quantitative estimate of drug-likeness (QED) is 0.610. The predicted molar refractivity (Wildman–Crippen MR) is 40.0 cm³/mol. The molecule has 0 aromatic carbocycles. The Morgan fingerprint density at radius 2 is 2.55 bits per heavy atom. The van der Waals surface area contributed by atoms with Gasteiger partial charge in [-0.05, 0) is 12.5 Å². The van der Waals surface area contributed by atoms with Gasteiger partial charge >= 0.3 is 5.97 Å². The fourth-order valence-corrected chi connectivity index (χ4v) is 0.888. The second-order valence-corrected chi connectivity index (χ2v) is 2.62. The molecule has 0 radical (unpaired) electrons. The van der Waals surface area contributed by atoms with Crippen molar-refractivity contribution in [2.24, 2.45) is 0 Å². The van der Waals surface area contributed by atoms with E-state index in [4.69, 9.17) is 9.84 Å². The summed E-state index contributed by atoms with van der Waals surface area (Å²) in [6.45, 7) is 5.50. The minimum Gasteiger partial charge on any atom is -0.493 e. The summed E-state index contributed by atoms with van der Waals surface area (Å²) >= 11 is 0. The van der Waals surface area contributed by atoms with Crippen LogP contribution in [0.2, 0.25) is 0 Å². The second kappa shape index (κ2) is 2.78. The van der Waals surface area contributed by atoms with Crippen molar-refractivity contribution in [3.63, 3.8) is 0 Å². The number of carbonyl (C=O) groups is 1. The van der Waals surface area contributed by atoms with Crippen LogP contribution >= 0.6 is 0 Å². The highest BCUT2D eigenvalue weighted by Crippen LogP contribution is 2.22. The molecule has 1 atom stereocenters. The summed E-state index contributed by atoms with van der Waals surface area (Å²) in [5, 5.41) is 8.53. The molecule has 3 nitrogen and oxygen atoms in total. The number of carboxylic acid groups (broad SMARTS) is 1. The van der Waals surface area contributed by atoms with Crippen LogP contribution in [0.3, 0.4) is 0 Å². The average Bonchev–Trinajstić information content (AvgIpc) is 2.33. The van der Waals surface area contributed by atoms with Crippen LogP contribution in [0.15, 0.2) is 24.0 Å². The normalized spacial score (nSPS) is 22.3. The number of hydrogen-bond acceptors (Lipinski definition) is 2. The molecule has 0 fully saturated rings. The minimum atomic E-state index is -0.909. The Balaban J connectivity index is 2.56. The van der Waals surface area contributed by atoms with E-state index in [9.17, 15) is 4.79 Å².